The molecule has 2 aromatic carbocycles. The highest BCUT2D eigenvalue weighted by Crippen LogP contribution is 2.21. The van der Waals surface area contributed by atoms with Gasteiger partial charge < -0.3 is 15.4 Å². The number of nitrogens with zero attached hydrogens (tertiary/aromatic N) is 2. The second-order valence-corrected chi connectivity index (χ2v) is 6.11. The fourth-order valence-corrected chi connectivity index (χ4v) is 3.07. The topological polar surface area (TPSA) is 99.5 Å². The van der Waals surface area contributed by atoms with Crippen LogP contribution < -0.4 is 5.32 Å². The molecule has 1 amide bonds. The molecule has 0 fully saturated rings. The SMILES string of the molecule is O=C(O)C[C@H](NC(=O)c1cc2[nH]c3ccccc3n2n1)c1ccccc1F. The zero-order valence-corrected chi connectivity index (χ0v) is 14.0. The van der Waals surface area contributed by atoms with Gasteiger partial charge in [0.1, 0.15) is 11.5 Å². The summed E-state index contributed by atoms with van der Waals surface area (Å²) in [6.45, 7) is 0. The van der Waals surface area contributed by atoms with Gasteiger partial charge in [0.15, 0.2) is 5.69 Å². The summed E-state index contributed by atoms with van der Waals surface area (Å²) in [6, 6.07) is 13.8. The van der Waals surface area contributed by atoms with Gasteiger partial charge in [-0.2, -0.15) is 5.10 Å². The van der Waals surface area contributed by atoms with E-state index >= 15 is 0 Å². The molecule has 8 heteroatoms. The van der Waals surface area contributed by atoms with E-state index in [0.717, 1.165) is 11.0 Å². The van der Waals surface area contributed by atoms with Crippen LogP contribution in [0.15, 0.2) is 54.6 Å². The third-order valence-electron chi connectivity index (χ3n) is 4.30. The molecule has 2 aromatic heterocycles. The summed E-state index contributed by atoms with van der Waals surface area (Å²) in [5.74, 6) is -2.30. The van der Waals surface area contributed by atoms with Crippen molar-refractivity contribution in [3.63, 3.8) is 0 Å². The highest BCUT2D eigenvalue weighted by molar-refractivity contribution is 5.95. The van der Waals surface area contributed by atoms with Gasteiger partial charge in [0.05, 0.1) is 23.5 Å². The van der Waals surface area contributed by atoms with Crippen molar-refractivity contribution in [2.24, 2.45) is 0 Å². The van der Waals surface area contributed by atoms with Crippen LogP contribution in [0.4, 0.5) is 4.39 Å². The van der Waals surface area contributed by atoms with Crippen LogP contribution in [0.1, 0.15) is 28.5 Å². The van der Waals surface area contributed by atoms with Crippen LogP contribution in [-0.2, 0) is 4.79 Å². The minimum Gasteiger partial charge on any atom is -0.481 e. The standard InChI is InChI=1S/C19H15FN4O3/c20-12-6-2-1-5-11(12)14(10-18(25)26)22-19(27)15-9-17-21-13-7-3-4-8-16(13)24(17)23-15/h1-9,14,21H,10H2,(H,22,27)(H,25,26)/t14-/m0/s1. The van der Waals surface area contributed by atoms with E-state index in [1.165, 1.54) is 18.2 Å². The third-order valence-corrected chi connectivity index (χ3v) is 4.30. The first-order valence-corrected chi connectivity index (χ1v) is 8.26. The van der Waals surface area contributed by atoms with Crippen molar-refractivity contribution in [3.8, 4) is 0 Å². The number of aromatic amines is 1. The molecule has 0 aliphatic rings. The highest BCUT2D eigenvalue weighted by atomic mass is 19.1. The van der Waals surface area contributed by atoms with E-state index < -0.39 is 30.2 Å². The number of carboxylic acids is 1. The molecule has 0 saturated carbocycles. The van der Waals surface area contributed by atoms with Gasteiger partial charge in [0.25, 0.3) is 5.91 Å². The van der Waals surface area contributed by atoms with Crippen molar-refractivity contribution < 1.29 is 19.1 Å². The van der Waals surface area contributed by atoms with Crippen molar-refractivity contribution in [2.75, 3.05) is 0 Å². The largest absolute Gasteiger partial charge is 0.481 e. The van der Waals surface area contributed by atoms with Crippen LogP contribution in [0.2, 0.25) is 0 Å². The van der Waals surface area contributed by atoms with Crippen LogP contribution in [0.5, 0.6) is 0 Å². The first kappa shape index (κ1) is 16.8. The average molecular weight is 366 g/mol. The van der Waals surface area contributed by atoms with E-state index in [1.807, 2.05) is 24.3 Å². The smallest absolute Gasteiger partial charge is 0.305 e. The molecule has 0 spiro atoms. The van der Waals surface area contributed by atoms with Gasteiger partial charge in [-0.25, -0.2) is 8.91 Å². The van der Waals surface area contributed by atoms with Crippen LogP contribution >= 0.6 is 0 Å². The molecule has 0 saturated heterocycles. The monoisotopic (exact) mass is 366 g/mol. The van der Waals surface area contributed by atoms with E-state index in [4.69, 9.17) is 5.11 Å². The number of rotatable bonds is 5. The van der Waals surface area contributed by atoms with Gasteiger partial charge in [0.2, 0.25) is 0 Å². The lowest BCUT2D eigenvalue weighted by atomic mass is 10.0. The molecule has 0 aliphatic heterocycles. The second-order valence-electron chi connectivity index (χ2n) is 6.11. The third kappa shape index (κ3) is 3.12. The van der Waals surface area contributed by atoms with Crippen LogP contribution in [-0.4, -0.2) is 31.6 Å². The average Bonchev–Trinajstić information content (AvgIpc) is 3.19. The van der Waals surface area contributed by atoms with E-state index in [-0.39, 0.29) is 11.3 Å². The summed E-state index contributed by atoms with van der Waals surface area (Å²) >= 11 is 0. The molecule has 7 nitrogen and oxygen atoms in total. The minimum absolute atomic E-state index is 0.110. The lowest BCUT2D eigenvalue weighted by Crippen LogP contribution is -2.31. The number of hydrogen-bond donors (Lipinski definition) is 3. The molecule has 0 aliphatic carbocycles. The van der Waals surface area contributed by atoms with Gasteiger partial charge in [-0.3, -0.25) is 9.59 Å². The number of benzene rings is 2. The van der Waals surface area contributed by atoms with Gasteiger partial charge in [-0.05, 0) is 18.2 Å². The van der Waals surface area contributed by atoms with Gasteiger partial charge in [0, 0.05) is 11.6 Å². The number of carboxylic acid groups (broad SMARTS) is 1. The Morgan fingerprint density at radius 2 is 1.93 bits per heavy atom. The maximum Gasteiger partial charge on any atom is 0.305 e. The Bertz CT molecular complexity index is 1160. The Hall–Kier alpha value is -3.68. The Balaban J connectivity index is 1.65. The number of aromatic nitrogens is 3. The number of carbonyl (C=O) groups is 2. The van der Waals surface area contributed by atoms with Crippen molar-refractivity contribution in [1.29, 1.82) is 0 Å². The Labute approximate surface area is 152 Å². The van der Waals surface area contributed by atoms with Crippen molar-refractivity contribution in [1.82, 2.24) is 19.9 Å². The van der Waals surface area contributed by atoms with Crippen molar-refractivity contribution >= 4 is 28.6 Å². The predicted molar refractivity (Wildman–Crippen MR) is 95.9 cm³/mol. The number of halogens is 1. The summed E-state index contributed by atoms with van der Waals surface area (Å²) in [5.41, 5.74) is 2.54. The number of aliphatic carboxylic acids is 1. The number of nitrogens with one attached hydrogen (secondary N) is 2. The van der Waals surface area contributed by atoms with E-state index in [9.17, 15) is 14.0 Å². The lowest BCUT2D eigenvalue weighted by Gasteiger charge is -2.17. The van der Waals surface area contributed by atoms with Gasteiger partial charge in [-0.1, -0.05) is 30.3 Å². The molecule has 1 atom stereocenters. The Kier molecular flexibility index (Phi) is 4.08. The normalized spacial score (nSPS) is 12.3. The Morgan fingerprint density at radius 3 is 2.70 bits per heavy atom. The van der Waals surface area contributed by atoms with E-state index in [1.54, 1.807) is 16.6 Å². The summed E-state index contributed by atoms with van der Waals surface area (Å²) in [5, 5.41) is 16.0. The quantitative estimate of drug-likeness (QED) is 0.506. The first-order chi connectivity index (χ1) is 13.0. The van der Waals surface area contributed by atoms with E-state index in [0.29, 0.717) is 5.65 Å². The molecular weight excluding hydrogens is 351 g/mol. The number of hydrogen-bond acceptors (Lipinski definition) is 3. The second kappa shape index (κ2) is 6.56. The first-order valence-electron chi connectivity index (χ1n) is 8.26. The van der Waals surface area contributed by atoms with Crippen LogP contribution in [0.3, 0.4) is 0 Å². The lowest BCUT2D eigenvalue weighted by molar-refractivity contribution is -0.137. The fraction of sp³-hybridized carbons (Fsp3) is 0.105. The summed E-state index contributed by atoms with van der Waals surface area (Å²) in [4.78, 5) is 26.9. The Morgan fingerprint density at radius 1 is 1.19 bits per heavy atom. The minimum atomic E-state index is -1.15. The van der Waals surface area contributed by atoms with Gasteiger partial charge in [-0.15, -0.1) is 0 Å². The summed E-state index contributed by atoms with van der Waals surface area (Å²) in [7, 11) is 0. The molecule has 27 heavy (non-hydrogen) atoms. The molecule has 0 radical (unpaired) electrons. The molecule has 4 rings (SSSR count). The molecule has 0 bridgehead atoms. The molecule has 2 heterocycles. The van der Waals surface area contributed by atoms with Crippen LogP contribution in [0.25, 0.3) is 16.7 Å². The number of H-pyrrole nitrogens is 1. The van der Waals surface area contributed by atoms with Crippen LogP contribution in [0, 0.1) is 5.82 Å². The zero-order chi connectivity index (χ0) is 19.0. The molecule has 3 N–H and O–H groups in total. The molecule has 136 valence electrons. The van der Waals surface area contributed by atoms with E-state index in [2.05, 4.69) is 15.4 Å². The van der Waals surface area contributed by atoms with Gasteiger partial charge >= 0.3 is 5.97 Å². The van der Waals surface area contributed by atoms with Crippen molar-refractivity contribution in [3.05, 3.63) is 71.7 Å². The van der Waals surface area contributed by atoms with Crippen molar-refractivity contribution in [2.45, 2.75) is 12.5 Å². The summed E-state index contributed by atoms with van der Waals surface area (Å²) in [6.07, 6.45) is -0.443. The number of para-hydroxylation sites is 2. The number of fused-ring (bicyclic) bond motifs is 3. The maximum absolute atomic E-state index is 14.1. The zero-order valence-electron chi connectivity index (χ0n) is 14.0. The molecule has 4 aromatic rings. The highest BCUT2D eigenvalue weighted by Gasteiger charge is 2.23. The number of amides is 1. The molecule has 0 unspecified atom stereocenters. The summed E-state index contributed by atoms with van der Waals surface area (Å²) < 4.78 is 15.7. The predicted octanol–water partition coefficient (Wildman–Crippen LogP) is 2.90. The fourth-order valence-electron chi connectivity index (χ4n) is 3.07. The number of imidazole rings is 1. The maximum atomic E-state index is 14.1. The molecular formula is C19H15FN4O3. The number of carbonyl (C=O) groups excluding carboxylic acids is 1.